The first kappa shape index (κ1) is 8.54. The molecule has 0 unspecified atom stereocenters. The zero-order chi connectivity index (χ0) is 10.5. The summed E-state index contributed by atoms with van der Waals surface area (Å²) in [7, 11) is 0. The Hall–Kier alpha value is -1.60. The van der Waals surface area contributed by atoms with E-state index in [1.807, 2.05) is 11.3 Å². The van der Waals surface area contributed by atoms with Crippen molar-refractivity contribution in [1.82, 2.24) is 0 Å². The molecular weight excluding hydrogens is 212 g/mol. The summed E-state index contributed by atoms with van der Waals surface area (Å²) in [4.78, 5) is 0. The van der Waals surface area contributed by atoms with Crippen LogP contribution in [0.3, 0.4) is 0 Å². The molecule has 0 bridgehead atoms. The van der Waals surface area contributed by atoms with Gasteiger partial charge in [0.2, 0.25) is 0 Å². The van der Waals surface area contributed by atoms with Gasteiger partial charge in [-0.2, -0.15) is 11.3 Å². The molecule has 1 aromatic heterocycles. The van der Waals surface area contributed by atoms with Crippen LogP contribution in [0, 0.1) is 0 Å². The van der Waals surface area contributed by atoms with E-state index in [2.05, 4.69) is 47.2 Å². The Balaban J connectivity index is 2.25. The summed E-state index contributed by atoms with van der Waals surface area (Å²) in [5.41, 5.74) is 5.81. The molecule has 3 aromatic rings. The van der Waals surface area contributed by atoms with Crippen LogP contribution in [0.1, 0.15) is 11.1 Å². The van der Waals surface area contributed by atoms with Gasteiger partial charge in [0.25, 0.3) is 0 Å². The first-order valence-electron chi connectivity index (χ1n) is 5.49. The first-order chi connectivity index (χ1) is 7.93. The van der Waals surface area contributed by atoms with Crippen LogP contribution in [0.2, 0.25) is 0 Å². The molecule has 1 aliphatic rings. The Kier molecular flexibility index (Phi) is 1.58. The van der Waals surface area contributed by atoms with Crippen LogP contribution < -0.4 is 0 Å². The van der Waals surface area contributed by atoms with E-state index in [-0.39, 0.29) is 0 Å². The zero-order valence-corrected chi connectivity index (χ0v) is 9.55. The second-order valence-corrected chi connectivity index (χ2v) is 5.05. The Labute approximate surface area is 98.2 Å². The topological polar surface area (TPSA) is 0 Å². The largest absolute Gasteiger partial charge is 0.151 e. The van der Waals surface area contributed by atoms with Crippen LogP contribution in [0.15, 0.2) is 47.2 Å². The molecule has 0 saturated heterocycles. The quantitative estimate of drug-likeness (QED) is 0.411. The van der Waals surface area contributed by atoms with Crippen LogP contribution in [-0.2, 0) is 6.42 Å². The highest BCUT2D eigenvalue weighted by Gasteiger charge is 2.17. The van der Waals surface area contributed by atoms with Gasteiger partial charge in [-0.1, -0.05) is 36.4 Å². The molecule has 16 heavy (non-hydrogen) atoms. The highest BCUT2D eigenvalue weighted by molar-refractivity contribution is 7.08. The summed E-state index contributed by atoms with van der Waals surface area (Å²) >= 11 is 1.81. The van der Waals surface area contributed by atoms with E-state index in [1.54, 1.807) is 0 Å². The maximum absolute atomic E-state index is 2.28. The van der Waals surface area contributed by atoms with Crippen molar-refractivity contribution in [2.75, 3.05) is 0 Å². The van der Waals surface area contributed by atoms with E-state index >= 15 is 0 Å². The van der Waals surface area contributed by atoms with Crippen LogP contribution in [-0.4, -0.2) is 0 Å². The van der Waals surface area contributed by atoms with E-state index in [0.717, 1.165) is 6.42 Å². The van der Waals surface area contributed by atoms with Gasteiger partial charge in [0.1, 0.15) is 0 Å². The van der Waals surface area contributed by atoms with Gasteiger partial charge in [0.15, 0.2) is 0 Å². The first-order valence-corrected chi connectivity index (χ1v) is 6.44. The minimum absolute atomic E-state index is 1.09. The third-order valence-corrected chi connectivity index (χ3v) is 4.20. The molecule has 0 spiro atoms. The van der Waals surface area contributed by atoms with Crippen molar-refractivity contribution in [3.8, 4) is 11.1 Å². The normalized spacial score (nSPS) is 12.8. The molecule has 1 heteroatoms. The Bertz CT molecular complexity index is 686. The fraction of sp³-hybridized carbons (Fsp3) is 0.0667. The Morgan fingerprint density at radius 2 is 1.69 bits per heavy atom. The average molecular weight is 222 g/mol. The summed E-state index contributed by atoms with van der Waals surface area (Å²) in [5.74, 6) is 0. The summed E-state index contributed by atoms with van der Waals surface area (Å²) in [6.07, 6.45) is 1.09. The van der Waals surface area contributed by atoms with E-state index in [1.165, 1.54) is 33.0 Å². The van der Waals surface area contributed by atoms with Gasteiger partial charge in [-0.3, -0.25) is 0 Å². The molecule has 2 aromatic carbocycles. The molecule has 0 amide bonds. The number of hydrogen-bond acceptors (Lipinski definition) is 1. The summed E-state index contributed by atoms with van der Waals surface area (Å²) in [6.45, 7) is 0. The number of hydrogen-bond donors (Lipinski definition) is 0. The summed E-state index contributed by atoms with van der Waals surface area (Å²) in [5, 5.41) is 7.38. The van der Waals surface area contributed by atoms with Crippen molar-refractivity contribution in [3.63, 3.8) is 0 Å². The molecule has 1 aliphatic carbocycles. The molecule has 76 valence electrons. The number of fused-ring (bicyclic) bond motifs is 2. The molecule has 0 N–H and O–H groups in total. The maximum atomic E-state index is 2.28. The van der Waals surface area contributed by atoms with Crippen molar-refractivity contribution in [1.29, 1.82) is 0 Å². The number of rotatable bonds is 0. The van der Waals surface area contributed by atoms with E-state index < -0.39 is 0 Å². The molecule has 0 aliphatic heterocycles. The Morgan fingerprint density at radius 3 is 2.62 bits per heavy atom. The highest BCUT2D eigenvalue weighted by atomic mass is 32.1. The Morgan fingerprint density at radius 1 is 0.812 bits per heavy atom. The van der Waals surface area contributed by atoms with E-state index in [0.29, 0.717) is 0 Å². The van der Waals surface area contributed by atoms with Gasteiger partial charge < -0.3 is 0 Å². The van der Waals surface area contributed by atoms with Gasteiger partial charge in [-0.15, -0.1) is 0 Å². The van der Waals surface area contributed by atoms with Gasteiger partial charge >= 0.3 is 0 Å². The standard InChI is InChI=1S/C15H10S/c1-3-10-4-2-6-13-14-9-16-8-12(14)7-11(5-1)15(10)13/h1-6,8-9H,7H2. The molecule has 0 fully saturated rings. The number of thiophene rings is 1. The minimum Gasteiger partial charge on any atom is -0.151 e. The van der Waals surface area contributed by atoms with Crippen LogP contribution in [0.25, 0.3) is 21.9 Å². The predicted octanol–water partition coefficient (Wildman–Crippen LogP) is 4.47. The van der Waals surface area contributed by atoms with Crippen LogP contribution in [0.5, 0.6) is 0 Å². The van der Waals surface area contributed by atoms with Crippen molar-refractivity contribution >= 4 is 22.1 Å². The fourth-order valence-electron chi connectivity index (χ4n) is 2.69. The van der Waals surface area contributed by atoms with Crippen LogP contribution in [0.4, 0.5) is 0 Å². The average Bonchev–Trinajstić information content (AvgIpc) is 2.78. The molecule has 1 heterocycles. The predicted molar refractivity (Wildman–Crippen MR) is 70.1 cm³/mol. The van der Waals surface area contributed by atoms with Gasteiger partial charge in [-0.25, -0.2) is 0 Å². The van der Waals surface area contributed by atoms with Crippen LogP contribution >= 0.6 is 11.3 Å². The highest BCUT2D eigenvalue weighted by Crippen LogP contribution is 2.40. The third kappa shape index (κ3) is 0.987. The van der Waals surface area contributed by atoms with Gasteiger partial charge in [0, 0.05) is 0 Å². The number of benzene rings is 2. The third-order valence-electron chi connectivity index (χ3n) is 3.40. The zero-order valence-electron chi connectivity index (χ0n) is 8.73. The summed E-state index contributed by atoms with van der Waals surface area (Å²) < 4.78 is 0. The smallest absolute Gasteiger partial charge is 0.000497 e. The molecule has 4 rings (SSSR count). The molecule has 0 atom stereocenters. The monoisotopic (exact) mass is 222 g/mol. The van der Waals surface area contributed by atoms with E-state index in [4.69, 9.17) is 0 Å². The SMILES string of the molecule is c1cc2c3c(cccc3c1)-c1cscc1C2. The summed E-state index contributed by atoms with van der Waals surface area (Å²) in [6, 6.07) is 13.2. The lowest BCUT2D eigenvalue weighted by atomic mass is 9.86. The van der Waals surface area contributed by atoms with Crippen molar-refractivity contribution < 1.29 is 0 Å². The van der Waals surface area contributed by atoms with Crippen molar-refractivity contribution in [3.05, 3.63) is 58.3 Å². The maximum Gasteiger partial charge on any atom is -0.000497 e. The van der Waals surface area contributed by atoms with Gasteiger partial charge in [-0.05, 0) is 50.2 Å². The molecular formula is C15H10S. The second-order valence-electron chi connectivity index (χ2n) is 4.31. The molecule has 0 saturated carbocycles. The second kappa shape index (κ2) is 2.96. The minimum atomic E-state index is 1.09. The molecule has 0 nitrogen and oxygen atoms in total. The lowest BCUT2D eigenvalue weighted by Crippen LogP contribution is -1.97. The van der Waals surface area contributed by atoms with Gasteiger partial charge in [0.05, 0.1) is 0 Å². The fourth-order valence-corrected chi connectivity index (χ4v) is 3.55. The lowest BCUT2D eigenvalue weighted by molar-refractivity contribution is 1.22. The molecule has 0 radical (unpaired) electrons. The van der Waals surface area contributed by atoms with Crippen molar-refractivity contribution in [2.24, 2.45) is 0 Å². The van der Waals surface area contributed by atoms with Crippen molar-refractivity contribution in [2.45, 2.75) is 6.42 Å². The lowest BCUT2D eigenvalue weighted by Gasteiger charge is -2.17. The van der Waals surface area contributed by atoms with E-state index in [9.17, 15) is 0 Å².